The number of hydrogen-bond acceptors (Lipinski definition) is 1. The van der Waals surface area contributed by atoms with Crippen LogP contribution in [0.2, 0.25) is 20.1 Å². The summed E-state index contributed by atoms with van der Waals surface area (Å²) < 4.78 is 0. The quantitative estimate of drug-likeness (QED) is 0.444. The van der Waals surface area contributed by atoms with Crippen LogP contribution in [0.3, 0.4) is 0 Å². The van der Waals surface area contributed by atoms with Gasteiger partial charge in [-0.3, -0.25) is 4.79 Å². The topological polar surface area (TPSA) is 17.1 Å². The summed E-state index contributed by atoms with van der Waals surface area (Å²) in [7, 11) is 0. The Hall–Kier alpha value is -0.150. The van der Waals surface area contributed by atoms with E-state index >= 15 is 0 Å². The van der Waals surface area contributed by atoms with Crippen LogP contribution in [0.1, 0.15) is 11.1 Å². The number of carbonyl (C=O) groups excluding carboxylic acids is 1. The molecule has 0 heterocycles. The van der Waals surface area contributed by atoms with E-state index in [-0.39, 0.29) is 5.78 Å². The van der Waals surface area contributed by atoms with Crippen molar-refractivity contribution in [3.8, 4) is 0 Å². The third-order valence-corrected chi connectivity index (χ3v) is 5.63. The first kappa shape index (κ1) is 20.2. The number of ketones is 1. The Morgan fingerprint density at radius 2 is 1.08 bits per heavy atom. The highest BCUT2D eigenvalue weighted by Gasteiger charge is 2.24. The van der Waals surface area contributed by atoms with E-state index in [0.29, 0.717) is 32.9 Å². The van der Waals surface area contributed by atoms with Gasteiger partial charge < -0.3 is 0 Å². The van der Waals surface area contributed by atoms with Crippen LogP contribution in [0.5, 0.6) is 0 Å². The van der Waals surface area contributed by atoms with Crippen molar-refractivity contribution in [2.24, 2.45) is 0 Å². The Morgan fingerprint density at radius 3 is 1.42 bits per heavy atom. The maximum absolute atomic E-state index is 12.4. The van der Waals surface area contributed by atoms with Crippen LogP contribution in [0.15, 0.2) is 36.4 Å². The van der Waals surface area contributed by atoms with Gasteiger partial charge in [0.15, 0.2) is 5.78 Å². The van der Waals surface area contributed by atoms with Crippen molar-refractivity contribution in [1.82, 2.24) is 0 Å². The van der Waals surface area contributed by atoms with Crippen LogP contribution in [-0.2, 0) is 17.6 Å². The van der Waals surface area contributed by atoms with Crippen molar-refractivity contribution in [3.05, 3.63) is 67.6 Å². The molecule has 2 atom stereocenters. The van der Waals surface area contributed by atoms with E-state index in [1.165, 1.54) is 0 Å². The summed E-state index contributed by atoms with van der Waals surface area (Å²) in [6.45, 7) is 0. The second-order valence-electron chi connectivity index (χ2n) is 5.24. The first-order valence-corrected chi connectivity index (χ1v) is 9.36. The number of alkyl halides is 2. The van der Waals surface area contributed by atoms with E-state index < -0.39 is 10.8 Å². The fourth-order valence-corrected chi connectivity index (χ4v) is 3.51. The standard InChI is InChI=1S/C17H12Cl6O/c18-11-3-1-9(5-13(11)20)7-15(22)17(24)16(23)8-10-2-4-12(19)14(21)6-10/h1-6,15-16H,7-8H2. The van der Waals surface area contributed by atoms with Gasteiger partial charge in [-0.1, -0.05) is 58.5 Å². The molecule has 0 aliphatic heterocycles. The molecule has 24 heavy (non-hydrogen) atoms. The highest BCUT2D eigenvalue weighted by Crippen LogP contribution is 2.26. The second kappa shape index (κ2) is 8.98. The Labute approximate surface area is 170 Å². The van der Waals surface area contributed by atoms with Crippen LogP contribution in [-0.4, -0.2) is 16.5 Å². The number of benzene rings is 2. The molecule has 0 aliphatic carbocycles. The molecule has 2 aromatic rings. The molecule has 0 radical (unpaired) electrons. The van der Waals surface area contributed by atoms with Crippen LogP contribution in [0.25, 0.3) is 0 Å². The fraction of sp³-hybridized carbons (Fsp3) is 0.235. The zero-order valence-electron chi connectivity index (χ0n) is 12.2. The molecule has 0 aliphatic rings. The van der Waals surface area contributed by atoms with Crippen LogP contribution < -0.4 is 0 Å². The number of hydrogen-bond donors (Lipinski definition) is 0. The Balaban J connectivity index is 2.00. The number of carbonyl (C=O) groups is 1. The first-order valence-electron chi connectivity index (χ1n) is 6.97. The minimum atomic E-state index is -0.757. The van der Waals surface area contributed by atoms with E-state index in [2.05, 4.69) is 0 Å². The lowest BCUT2D eigenvalue weighted by Gasteiger charge is -2.14. The summed E-state index contributed by atoms with van der Waals surface area (Å²) in [6.07, 6.45) is 0.643. The second-order valence-corrected chi connectivity index (χ2v) is 7.93. The van der Waals surface area contributed by atoms with E-state index in [4.69, 9.17) is 69.6 Å². The minimum Gasteiger partial charge on any atom is -0.296 e. The number of Topliss-reactive ketones (excluding diaryl/α,β-unsaturated/α-hetero) is 1. The Kier molecular flexibility index (Phi) is 7.55. The molecule has 2 aromatic carbocycles. The van der Waals surface area contributed by atoms with Crippen molar-refractivity contribution in [3.63, 3.8) is 0 Å². The van der Waals surface area contributed by atoms with E-state index in [9.17, 15) is 4.79 Å². The fourth-order valence-electron chi connectivity index (χ4n) is 2.14. The third kappa shape index (κ3) is 5.42. The molecular formula is C17H12Cl6O. The van der Waals surface area contributed by atoms with Crippen LogP contribution in [0, 0.1) is 0 Å². The van der Waals surface area contributed by atoms with Gasteiger partial charge in [-0.15, -0.1) is 23.2 Å². The number of halogens is 6. The molecule has 0 fully saturated rings. The van der Waals surface area contributed by atoms with Crippen LogP contribution >= 0.6 is 69.6 Å². The van der Waals surface area contributed by atoms with Gasteiger partial charge in [-0.2, -0.15) is 0 Å². The third-order valence-electron chi connectivity index (χ3n) is 3.42. The lowest BCUT2D eigenvalue weighted by Crippen LogP contribution is -2.28. The Morgan fingerprint density at radius 1 is 0.708 bits per heavy atom. The van der Waals surface area contributed by atoms with E-state index in [1.807, 2.05) is 0 Å². The van der Waals surface area contributed by atoms with Gasteiger partial charge in [0.25, 0.3) is 0 Å². The smallest absolute Gasteiger partial charge is 0.169 e. The summed E-state index contributed by atoms with van der Waals surface area (Å²) in [5, 5.41) is 0.229. The van der Waals surface area contributed by atoms with Gasteiger partial charge >= 0.3 is 0 Å². The molecule has 7 heteroatoms. The summed E-state index contributed by atoms with van der Waals surface area (Å²) in [5.74, 6) is -0.254. The zero-order valence-corrected chi connectivity index (χ0v) is 16.7. The van der Waals surface area contributed by atoms with Crippen molar-refractivity contribution >= 4 is 75.4 Å². The maximum atomic E-state index is 12.4. The Bertz CT molecular complexity index is 684. The van der Waals surface area contributed by atoms with E-state index in [0.717, 1.165) is 11.1 Å². The summed E-state index contributed by atoms with van der Waals surface area (Å²) in [5.41, 5.74) is 1.63. The number of rotatable bonds is 6. The largest absolute Gasteiger partial charge is 0.296 e. The average Bonchev–Trinajstić information content (AvgIpc) is 2.53. The molecule has 2 unspecified atom stereocenters. The normalized spacial score (nSPS) is 13.6. The highest BCUT2D eigenvalue weighted by atomic mass is 35.5. The molecule has 1 nitrogen and oxygen atoms in total. The minimum absolute atomic E-state index is 0.254. The van der Waals surface area contributed by atoms with Gasteiger partial charge in [-0.25, -0.2) is 0 Å². The summed E-state index contributed by atoms with van der Waals surface area (Å²) >= 11 is 36.1. The first-order chi connectivity index (χ1) is 11.3. The van der Waals surface area contributed by atoms with Crippen molar-refractivity contribution in [1.29, 1.82) is 0 Å². The molecule has 0 aromatic heterocycles. The van der Waals surface area contributed by atoms with Crippen molar-refractivity contribution in [2.75, 3.05) is 0 Å². The molecule has 2 rings (SSSR count). The van der Waals surface area contributed by atoms with E-state index in [1.54, 1.807) is 36.4 Å². The maximum Gasteiger partial charge on any atom is 0.169 e. The lowest BCUT2D eigenvalue weighted by molar-refractivity contribution is -0.118. The lowest BCUT2D eigenvalue weighted by atomic mass is 10.0. The molecule has 0 saturated heterocycles. The highest BCUT2D eigenvalue weighted by molar-refractivity contribution is 6.43. The molecule has 0 bridgehead atoms. The van der Waals surface area contributed by atoms with Crippen molar-refractivity contribution < 1.29 is 4.79 Å². The van der Waals surface area contributed by atoms with Gasteiger partial charge in [0.2, 0.25) is 0 Å². The molecule has 0 amide bonds. The molecular weight excluding hydrogens is 433 g/mol. The SMILES string of the molecule is O=C(C(Cl)Cc1ccc(Cl)c(Cl)c1)C(Cl)Cc1ccc(Cl)c(Cl)c1. The summed E-state index contributed by atoms with van der Waals surface area (Å²) in [4.78, 5) is 12.4. The van der Waals surface area contributed by atoms with Gasteiger partial charge in [0.05, 0.1) is 30.8 Å². The predicted octanol–water partition coefficient (Wildman–Crippen LogP) is 6.87. The average molecular weight is 445 g/mol. The van der Waals surface area contributed by atoms with Crippen LogP contribution in [0.4, 0.5) is 0 Å². The van der Waals surface area contributed by atoms with Gasteiger partial charge in [-0.05, 0) is 48.2 Å². The zero-order chi connectivity index (χ0) is 17.9. The summed E-state index contributed by atoms with van der Waals surface area (Å²) in [6, 6.07) is 10.3. The molecule has 0 spiro atoms. The monoisotopic (exact) mass is 442 g/mol. The van der Waals surface area contributed by atoms with Gasteiger partial charge in [0.1, 0.15) is 0 Å². The van der Waals surface area contributed by atoms with Gasteiger partial charge in [0, 0.05) is 0 Å². The molecule has 128 valence electrons. The molecule has 0 N–H and O–H groups in total. The predicted molar refractivity (Wildman–Crippen MR) is 105 cm³/mol. The van der Waals surface area contributed by atoms with Crippen molar-refractivity contribution in [2.45, 2.75) is 23.6 Å². The molecule has 0 saturated carbocycles.